The molecule has 2 saturated heterocycles. The van der Waals surface area contributed by atoms with E-state index in [1.807, 2.05) is 30.1 Å². The van der Waals surface area contributed by atoms with Gasteiger partial charge in [0, 0.05) is 25.0 Å². The smallest absolute Gasteiger partial charge is 0.418 e. The fraction of sp³-hybridized carbons (Fsp3) is 0.467. The normalized spacial score (nSPS) is 18.1. The first-order valence-corrected chi connectivity index (χ1v) is 18.1. The Morgan fingerprint density at radius 2 is 1.98 bits per heavy atom. The molecule has 2 amide bonds. The standard InChI is InChI=1S/C30H39N9O10S2/c1-30(2)25(27(41)39(30)49-51(44,45)46)35-26(40)24(22-17-50-29(31)34-22)36-48-23(28(42)43)16-47-21-7-5-19(6-8-21)20-14-37(3)38(15-20)10-4-9-32-11-18-12-33-13-18/h5-8,14-15,17-18,23,25,32-33H,4,9-13,16H2,1-3H3,(H4-,31,34,35,40,42,43,44,45,46)/p+1/b36-24+/t23-,25?/m0/s1. The van der Waals surface area contributed by atoms with Crippen LogP contribution >= 0.6 is 11.3 Å². The van der Waals surface area contributed by atoms with Gasteiger partial charge in [0.2, 0.25) is 6.20 Å². The molecular weight excluding hydrogens is 711 g/mol. The number of aryl methyl sites for hydroxylation is 2. The van der Waals surface area contributed by atoms with E-state index in [1.165, 1.54) is 19.2 Å². The summed E-state index contributed by atoms with van der Waals surface area (Å²) in [4.78, 5) is 47.1. The lowest BCUT2D eigenvalue weighted by molar-refractivity contribution is -0.753. The summed E-state index contributed by atoms with van der Waals surface area (Å²) in [6, 6.07) is 5.75. The number of carboxylic acid groups (broad SMARTS) is 1. The van der Waals surface area contributed by atoms with E-state index < -0.39 is 58.2 Å². The molecule has 5 rings (SSSR count). The van der Waals surface area contributed by atoms with Crippen molar-refractivity contribution in [1.29, 1.82) is 0 Å². The summed E-state index contributed by atoms with van der Waals surface area (Å²) in [5, 5.41) is 24.5. The number of carbonyl (C=O) groups excluding carboxylic acids is 2. The molecule has 0 radical (unpaired) electrons. The zero-order valence-electron chi connectivity index (χ0n) is 28.0. The van der Waals surface area contributed by atoms with Crippen molar-refractivity contribution in [2.75, 3.05) is 38.5 Å². The molecular formula is C30H40N9O10S2+. The number of rotatable bonds is 18. The van der Waals surface area contributed by atoms with Gasteiger partial charge in [-0.05, 0) is 50.4 Å². The second kappa shape index (κ2) is 15.7. The molecule has 276 valence electrons. The molecule has 19 nitrogen and oxygen atoms in total. The Balaban J connectivity index is 1.18. The minimum atomic E-state index is -5.02. The fourth-order valence-corrected chi connectivity index (χ4v) is 6.30. The second-order valence-corrected chi connectivity index (χ2v) is 14.4. The van der Waals surface area contributed by atoms with Gasteiger partial charge in [-0.3, -0.25) is 14.1 Å². The molecule has 2 fully saturated rings. The third kappa shape index (κ3) is 9.36. The van der Waals surface area contributed by atoms with Crippen LogP contribution in [0.4, 0.5) is 5.13 Å². The van der Waals surface area contributed by atoms with E-state index in [4.69, 9.17) is 19.9 Å². The number of thiazole rings is 1. The molecule has 0 spiro atoms. The summed E-state index contributed by atoms with van der Waals surface area (Å²) >= 11 is 0.966. The number of hydroxylamine groups is 2. The van der Waals surface area contributed by atoms with Crippen LogP contribution in [0.15, 0.2) is 47.2 Å². The molecule has 2 aromatic heterocycles. The molecule has 1 unspecified atom stereocenters. The summed E-state index contributed by atoms with van der Waals surface area (Å²) in [6.45, 7) is 7.23. The van der Waals surface area contributed by atoms with Crippen molar-refractivity contribution >= 4 is 50.4 Å². The van der Waals surface area contributed by atoms with E-state index in [9.17, 15) is 27.9 Å². The summed E-state index contributed by atoms with van der Waals surface area (Å²) in [5.41, 5.74) is 5.63. The van der Waals surface area contributed by atoms with Gasteiger partial charge in [-0.1, -0.05) is 17.3 Å². The molecule has 2 atom stereocenters. The average molecular weight is 751 g/mol. The first-order valence-electron chi connectivity index (χ1n) is 15.8. The third-order valence-corrected chi connectivity index (χ3v) is 9.31. The first kappa shape index (κ1) is 37.6. The zero-order valence-corrected chi connectivity index (χ0v) is 29.6. The molecule has 21 heteroatoms. The number of nitrogens with zero attached hydrogens (tertiary/aromatic N) is 5. The zero-order chi connectivity index (χ0) is 36.9. The lowest BCUT2D eigenvalue weighted by Gasteiger charge is -2.50. The predicted molar refractivity (Wildman–Crippen MR) is 181 cm³/mol. The van der Waals surface area contributed by atoms with Gasteiger partial charge in [0.25, 0.3) is 17.9 Å². The number of hydrogen-bond acceptors (Lipinski definition) is 14. The number of nitrogens with one attached hydrogen (secondary N) is 3. The number of oxime groups is 1. The molecule has 4 heterocycles. The molecule has 51 heavy (non-hydrogen) atoms. The van der Waals surface area contributed by atoms with Crippen LogP contribution in [-0.2, 0) is 47.5 Å². The Morgan fingerprint density at radius 1 is 1.25 bits per heavy atom. The van der Waals surface area contributed by atoms with E-state index in [-0.39, 0.29) is 10.8 Å². The number of carboxylic acids is 1. The van der Waals surface area contributed by atoms with Crippen LogP contribution in [0.3, 0.4) is 0 Å². The summed E-state index contributed by atoms with van der Waals surface area (Å²) in [7, 11) is -3.04. The Morgan fingerprint density at radius 3 is 2.57 bits per heavy atom. The van der Waals surface area contributed by atoms with Crippen LogP contribution in [0.25, 0.3) is 11.1 Å². The molecule has 7 N–H and O–H groups in total. The van der Waals surface area contributed by atoms with Crippen molar-refractivity contribution in [1.82, 2.24) is 30.7 Å². The van der Waals surface area contributed by atoms with Gasteiger partial charge in [0.15, 0.2) is 17.9 Å². The van der Waals surface area contributed by atoms with Crippen LogP contribution < -0.4 is 31.1 Å². The number of anilines is 1. The molecule has 3 aromatic rings. The number of benzene rings is 1. The van der Waals surface area contributed by atoms with E-state index in [2.05, 4.69) is 41.3 Å². The highest BCUT2D eigenvalue weighted by atomic mass is 32.3. The Labute approximate surface area is 297 Å². The molecule has 1 aromatic carbocycles. The van der Waals surface area contributed by atoms with Crippen molar-refractivity contribution in [3.63, 3.8) is 0 Å². The van der Waals surface area contributed by atoms with Gasteiger partial charge < -0.3 is 36.4 Å². The van der Waals surface area contributed by atoms with Crippen molar-refractivity contribution in [2.45, 2.75) is 44.5 Å². The highest BCUT2D eigenvalue weighted by Crippen LogP contribution is 2.33. The Hall–Kier alpha value is -4.67. The van der Waals surface area contributed by atoms with E-state index in [1.54, 1.807) is 12.1 Å². The second-order valence-electron chi connectivity index (χ2n) is 12.5. The maximum absolute atomic E-state index is 13.3. The van der Waals surface area contributed by atoms with E-state index >= 15 is 0 Å². The number of aromatic nitrogens is 3. The monoisotopic (exact) mass is 750 g/mol. The van der Waals surface area contributed by atoms with Gasteiger partial charge in [0.1, 0.15) is 24.1 Å². The molecule has 0 saturated carbocycles. The lowest BCUT2D eigenvalue weighted by Crippen LogP contribution is -2.76. The number of nitrogens with two attached hydrogens (primary N) is 1. The minimum Gasteiger partial charge on any atom is -0.489 e. The summed E-state index contributed by atoms with van der Waals surface area (Å²) in [6.07, 6.45) is 3.40. The SMILES string of the molecule is C[n+]1cc(-c2ccc(OC[C@H](O/N=C(/C(=O)NC3C(=O)N(OS(=O)(=O)O)C3(C)C)c3csc(N)n3)C(=O)O)cc2)cn1CCCNCC1CNC1. The Bertz CT molecular complexity index is 1870. The fourth-order valence-electron chi connectivity index (χ4n) is 5.30. The number of ether oxygens (including phenoxy) is 1. The highest BCUT2D eigenvalue weighted by molar-refractivity contribution is 7.80. The van der Waals surface area contributed by atoms with Crippen LogP contribution in [0, 0.1) is 5.92 Å². The highest BCUT2D eigenvalue weighted by Gasteiger charge is 2.58. The quantitative estimate of drug-likeness (QED) is 0.0235. The average Bonchev–Trinajstić information content (AvgIpc) is 3.65. The maximum atomic E-state index is 13.3. The van der Waals surface area contributed by atoms with Crippen molar-refractivity contribution in [3.8, 4) is 16.9 Å². The summed E-state index contributed by atoms with van der Waals surface area (Å²) in [5.74, 6) is -2.36. The number of nitrogen functional groups attached to an aromatic ring is 1. The minimum absolute atomic E-state index is 0.0649. The topological polar surface area (TPSA) is 253 Å². The van der Waals surface area contributed by atoms with Gasteiger partial charge in [-0.25, -0.2) is 9.78 Å². The molecule has 0 aliphatic carbocycles. The lowest BCUT2D eigenvalue weighted by atomic mass is 9.84. The van der Waals surface area contributed by atoms with Crippen LogP contribution in [0.5, 0.6) is 5.75 Å². The number of hydrogen-bond donors (Lipinski definition) is 6. The third-order valence-electron chi connectivity index (χ3n) is 8.30. The number of carbonyl (C=O) groups is 3. The number of β-lactam (4-membered cyclic amide) rings is 1. The maximum Gasteiger partial charge on any atom is 0.418 e. The van der Waals surface area contributed by atoms with Gasteiger partial charge in [-0.2, -0.15) is 18.2 Å². The van der Waals surface area contributed by atoms with Gasteiger partial charge >= 0.3 is 16.4 Å². The first-order chi connectivity index (χ1) is 24.1. The van der Waals surface area contributed by atoms with Gasteiger partial charge in [-0.15, -0.1) is 20.3 Å². The molecule has 2 aliphatic rings. The van der Waals surface area contributed by atoms with Crippen molar-refractivity contribution in [2.24, 2.45) is 18.1 Å². The number of aliphatic carboxylic acids is 1. The number of amides is 2. The van der Waals surface area contributed by atoms with Crippen LogP contribution in [0.2, 0.25) is 0 Å². The van der Waals surface area contributed by atoms with Crippen molar-refractivity contribution < 1.29 is 51.0 Å². The van der Waals surface area contributed by atoms with Crippen LogP contribution in [-0.4, -0.2) is 107 Å². The van der Waals surface area contributed by atoms with Crippen LogP contribution in [0.1, 0.15) is 26.0 Å². The largest absolute Gasteiger partial charge is 0.489 e. The summed E-state index contributed by atoms with van der Waals surface area (Å²) < 4.78 is 45.3. The van der Waals surface area contributed by atoms with Crippen molar-refractivity contribution in [3.05, 3.63) is 47.7 Å². The van der Waals surface area contributed by atoms with E-state index in [0.717, 1.165) is 67.5 Å². The Kier molecular flexibility index (Phi) is 11.6. The molecule has 0 bridgehead atoms. The van der Waals surface area contributed by atoms with Gasteiger partial charge in [0.05, 0.1) is 23.8 Å². The molecule has 2 aliphatic heterocycles. The predicted octanol–water partition coefficient (Wildman–Crippen LogP) is -0.690. The van der Waals surface area contributed by atoms with E-state index in [0.29, 0.717) is 10.8 Å².